The van der Waals surface area contributed by atoms with Crippen molar-refractivity contribution < 1.29 is 0 Å². The van der Waals surface area contributed by atoms with E-state index in [-0.39, 0.29) is 0 Å². The monoisotopic (exact) mass is 782 g/mol. The van der Waals surface area contributed by atoms with E-state index in [1.165, 1.54) is 62.6 Å². The summed E-state index contributed by atoms with van der Waals surface area (Å²) in [5.41, 5.74) is 11.8. The summed E-state index contributed by atoms with van der Waals surface area (Å²) in [5, 5.41) is 9.91. The third-order valence-electron chi connectivity index (χ3n) is 10.8. The molecule has 0 saturated carbocycles. The van der Waals surface area contributed by atoms with Gasteiger partial charge in [-0.25, -0.2) is 0 Å². The van der Waals surface area contributed by atoms with E-state index in [0.29, 0.717) is 0 Å². The van der Waals surface area contributed by atoms with Gasteiger partial charge in [0.15, 0.2) is 0 Å². The largest absolute Gasteiger partial charge is 0.311 e. The summed E-state index contributed by atoms with van der Waals surface area (Å²) in [6.07, 6.45) is 0. The smallest absolute Gasteiger partial charge is 0.0462 e. The fourth-order valence-corrected chi connectivity index (χ4v) is 11.5. The zero-order valence-corrected chi connectivity index (χ0v) is 33.2. The van der Waals surface area contributed by atoms with E-state index in [9.17, 15) is 0 Å². The molecule has 0 aliphatic heterocycles. The second-order valence-electron chi connectivity index (χ2n) is 14.1. The van der Waals surface area contributed by atoms with Crippen molar-refractivity contribution in [2.24, 2.45) is 0 Å². The van der Waals surface area contributed by atoms with Gasteiger partial charge in [0.1, 0.15) is 0 Å². The molecule has 8 aromatic carbocycles. The predicted molar refractivity (Wildman–Crippen MR) is 250 cm³/mol. The lowest BCUT2D eigenvalue weighted by Gasteiger charge is -2.25. The van der Waals surface area contributed by atoms with E-state index >= 15 is 0 Å². The molecule has 0 aliphatic rings. The van der Waals surface area contributed by atoms with E-state index in [2.05, 4.69) is 215 Å². The molecular weight excluding hydrogens is 749 g/mol. The van der Waals surface area contributed by atoms with E-state index in [0.717, 1.165) is 34.1 Å². The molecule has 0 saturated heterocycles. The highest BCUT2D eigenvalue weighted by molar-refractivity contribution is 7.28. The summed E-state index contributed by atoms with van der Waals surface area (Å²) >= 11 is 5.63. The van der Waals surface area contributed by atoms with Gasteiger partial charge in [0.05, 0.1) is 0 Å². The molecule has 5 heteroatoms. The van der Waals surface area contributed by atoms with Crippen LogP contribution in [0.2, 0.25) is 0 Å². The van der Waals surface area contributed by atoms with Gasteiger partial charge in [-0.15, -0.1) is 34.0 Å². The van der Waals surface area contributed by atoms with Gasteiger partial charge in [-0.3, -0.25) is 0 Å². The number of hydrogen-bond donors (Lipinski definition) is 0. The average molecular weight is 783 g/mol. The van der Waals surface area contributed by atoms with Gasteiger partial charge in [-0.2, -0.15) is 0 Å². The zero-order valence-electron chi connectivity index (χ0n) is 30.7. The summed E-state index contributed by atoms with van der Waals surface area (Å²) in [5.74, 6) is 0. The van der Waals surface area contributed by atoms with Crippen molar-refractivity contribution in [1.82, 2.24) is 0 Å². The Bertz CT molecular complexity index is 2860. The molecule has 3 aromatic heterocycles. The Morgan fingerprint density at radius 1 is 0.316 bits per heavy atom. The van der Waals surface area contributed by atoms with Crippen LogP contribution in [0.15, 0.2) is 205 Å². The Labute approximate surface area is 343 Å². The number of hydrogen-bond acceptors (Lipinski definition) is 5. The van der Waals surface area contributed by atoms with Crippen LogP contribution in [0.3, 0.4) is 0 Å². The van der Waals surface area contributed by atoms with Crippen LogP contribution < -0.4 is 9.80 Å². The van der Waals surface area contributed by atoms with Crippen molar-refractivity contribution >= 4 is 108 Å². The lowest BCUT2D eigenvalue weighted by Crippen LogP contribution is -2.09. The Morgan fingerprint density at radius 3 is 0.965 bits per heavy atom. The number of para-hydroxylation sites is 4. The minimum atomic E-state index is 1.13. The van der Waals surface area contributed by atoms with Crippen LogP contribution in [-0.4, -0.2) is 0 Å². The Kier molecular flexibility index (Phi) is 8.43. The minimum absolute atomic E-state index is 1.13. The number of anilines is 6. The molecule has 0 radical (unpaired) electrons. The summed E-state index contributed by atoms with van der Waals surface area (Å²) < 4.78 is 5.39. The fourth-order valence-electron chi connectivity index (χ4n) is 8.23. The Hall–Kier alpha value is -6.50. The second-order valence-corrected chi connectivity index (χ2v) is 17.0. The van der Waals surface area contributed by atoms with Crippen LogP contribution in [-0.2, 0) is 0 Å². The fraction of sp³-hybridized carbons (Fsp3) is 0. The molecular formula is C52H34N2S3. The highest BCUT2D eigenvalue weighted by Gasteiger charge is 2.21. The number of rotatable bonds is 8. The molecule has 11 aromatic rings. The predicted octanol–water partition coefficient (Wildman–Crippen LogP) is 16.8. The maximum Gasteiger partial charge on any atom is 0.0462 e. The molecule has 11 rings (SSSR count). The molecule has 0 spiro atoms. The van der Waals surface area contributed by atoms with Crippen LogP contribution in [0.25, 0.3) is 62.6 Å². The third-order valence-corrected chi connectivity index (χ3v) is 13.8. The first-order valence-electron chi connectivity index (χ1n) is 19.1. The van der Waals surface area contributed by atoms with Crippen LogP contribution >= 0.6 is 34.0 Å². The molecule has 0 aliphatic carbocycles. The van der Waals surface area contributed by atoms with Gasteiger partial charge in [-0.1, -0.05) is 97.1 Å². The van der Waals surface area contributed by atoms with Crippen LogP contribution in [0, 0.1) is 0 Å². The first-order chi connectivity index (χ1) is 28.3. The number of fused-ring (bicyclic) bond motifs is 7. The number of benzene rings is 8. The zero-order chi connectivity index (χ0) is 37.7. The van der Waals surface area contributed by atoms with Crippen LogP contribution in [0.5, 0.6) is 0 Å². The summed E-state index contributed by atoms with van der Waals surface area (Å²) in [6.45, 7) is 0. The summed E-state index contributed by atoms with van der Waals surface area (Å²) in [6, 6.07) is 70.1. The minimum Gasteiger partial charge on any atom is -0.311 e. The van der Waals surface area contributed by atoms with Gasteiger partial charge in [0, 0.05) is 74.5 Å². The molecule has 0 N–H and O–H groups in total. The molecule has 0 bridgehead atoms. The highest BCUT2D eigenvalue weighted by Crippen LogP contribution is 2.50. The lowest BCUT2D eigenvalue weighted by atomic mass is 9.97. The van der Waals surface area contributed by atoms with E-state index in [1.54, 1.807) is 0 Å². The first-order valence-corrected chi connectivity index (χ1v) is 21.6. The highest BCUT2D eigenvalue weighted by atomic mass is 32.1. The number of thiophene rings is 3. The molecule has 57 heavy (non-hydrogen) atoms. The van der Waals surface area contributed by atoms with Crippen molar-refractivity contribution in [2.75, 3.05) is 9.80 Å². The maximum atomic E-state index is 2.44. The Morgan fingerprint density at radius 2 is 0.632 bits per heavy atom. The maximum absolute atomic E-state index is 2.44. The molecule has 2 nitrogen and oxygen atoms in total. The van der Waals surface area contributed by atoms with E-state index < -0.39 is 0 Å². The summed E-state index contributed by atoms with van der Waals surface area (Å²) in [7, 11) is 0. The number of nitrogens with zero attached hydrogens (tertiary/aromatic N) is 2. The van der Waals surface area contributed by atoms with Gasteiger partial charge in [0.25, 0.3) is 0 Å². The lowest BCUT2D eigenvalue weighted by molar-refractivity contribution is 1.28. The van der Waals surface area contributed by atoms with Crippen molar-refractivity contribution in [3.8, 4) is 22.3 Å². The Balaban J connectivity index is 1.00. The van der Waals surface area contributed by atoms with Crippen molar-refractivity contribution in [3.63, 3.8) is 0 Å². The van der Waals surface area contributed by atoms with Crippen LogP contribution in [0.1, 0.15) is 0 Å². The SMILES string of the molecule is c1ccc(N(c2ccccc2)c2ccc(-c3cc4sc5cc(-c6ccc(N(c7ccccc7)c7ccccc7)cc6)c6ccsc6c5c4c4sccc34)cc2)cc1. The second kappa shape index (κ2) is 14.2. The first kappa shape index (κ1) is 33.8. The van der Waals surface area contributed by atoms with Gasteiger partial charge < -0.3 is 9.80 Å². The van der Waals surface area contributed by atoms with Gasteiger partial charge in [0.2, 0.25) is 0 Å². The summed E-state index contributed by atoms with van der Waals surface area (Å²) in [4.78, 5) is 4.64. The van der Waals surface area contributed by atoms with Gasteiger partial charge in [-0.05, 0) is 130 Å². The molecule has 0 fully saturated rings. The molecule has 0 unspecified atom stereocenters. The third kappa shape index (κ3) is 5.91. The normalized spacial score (nSPS) is 11.5. The van der Waals surface area contributed by atoms with E-state index in [1.807, 2.05) is 34.0 Å². The van der Waals surface area contributed by atoms with Crippen molar-refractivity contribution in [2.45, 2.75) is 0 Å². The quantitative estimate of drug-likeness (QED) is 0.151. The van der Waals surface area contributed by atoms with Gasteiger partial charge >= 0.3 is 0 Å². The molecule has 270 valence electrons. The molecule has 3 heterocycles. The average Bonchev–Trinajstić information content (AvgIpc) is 4.05. The topological polar surface area (TPSA) is 6.48 Å². The molecule has 0 atom stereocenters. The standard InChI is InChI=1S/C52H34N2S3/c1-5-13-37(14-6-1)53(38-15-7-2-8-16-38)41-25-21-35(22-26-41)45-33-47-49(51-43(45)29-31-55-51)50-48(57-47)34-46(44-30-32-56-52(44)50)36-23-27-42(28-24-36)54(39-17-9-3-10-18-39)40-19-11-4-12-20-40/h1-34H. The molecule has 0 amide bonds. The van der Waals surface area contributed by atoms with Crippen molar-refractivity contribution in [3.05, 3.63) is 205 Å². The van der Waals surface area contributed by atoms with E-state index in [4.69, 9.17) is 0 Å². The van der Waals surface area contributed by atoms with Crippen molar-refractivity contribution in [1.29, 1.82) is 0 Å². The van der Waals surface area contributed by atoms with Crippen LogP contribution in [0.4, 0.5) is 34.1 Å².